The van der Waals surface area contributed by atoms with Crippen LogP contribution in [0.2, 0.25) is 0 Å². The van der Waals surface area contributed by atoms with E-state index in [1.165, 1.54) is 0 Å². The quantitative estimate of drug-likeness (QED) is 0.443. The number of rotatable bonds is 4. The van der Waals surface area contributed by atoms with E-state index in [2.05, 4.69) is 49.7 Å². The maximum atomic E-state index is 14.1. The van der Waals surface area contributed by atoms with Crippen LogP contribution in [-0.2, 0) is 0 Å². The first kappa shape index (κ1) is 20.6. The minimum Gasteiger partial charge on any atom is -0.368 e. The normalized spacial score (nSPS) is 19.4. The highest BCUT2D eigenvalue weighted by atomic mass is 19.3. The van der Waals surface area contributed by atoms with Gasteiger partial charge in [-0.15, -0.1) is 5.10 Å². The van der Waals surface area contributed by atoms with Gasteiger partial charge in [0.25, 0.3) is 6.43 Å². The number of hydrogen-bond acceptors (Lipinski definition) is 6. The zero-order valence-corrected chi connectivity index (χ0v) is 18.4. The summed E-state index contributed by atoms with van der Waals surface area (Å²) in [7, 11) is 0. The molecule has 5 rings (SSSR count). The van der Waals surface area contributed by atoms with E-state index >= 15 is 0 Å². The average molecular weight is 441 g/mol. The highest BCUT2D eigenvalue weighted by Crippen LogP contribution is 2.37. The summed E-state index contributed by atoms with van der Waals surface area (Å²) in [5.41, 5.74) is 3.82. The maximum absolute atomic E-state index is 14.1. The van der Waals surface area contributed by atoms with Crippen LogP contribution in [-0.4, -0.2) is 50.0 Å². The standard InChI is InChI=1S/C22H26F2N8/c1-11-5-18(30-32-10-14(4)26-22(11)32)27-21-19-16(20(23)24)6-15(7-17(19)28-29-21)31-8-12(2)25-13(3)9-31/h5-7,10,12-13,20,25H,8-9H2,1-4H3,(H2,27,28,29,30)/t12-,13-/m0/s1. The van der Waals surface area contributed by atoms with Gasteiger partial charge >= 0.3 is 0 Å². The highest BCUT2D eigenvalue weighted by molar-refractivity contribution is 5.96. The van der Waals surface area contributed by atoms with Gasteiger partial charge in [0, 0.05) is 36.4 Å². The molecule has 2 atom stereocenters. The molecule has 10 heteroatoms. The third-order valence-corrected chi connectivity index (χ3v) is 5.81. The third kappa shape index (κ3) is 3.64. The lowest BCUT2D eigenvalue weighted by atomic mass is 10.1. The fourth-order valence-electron chi connectivity index (χ4n) is 4.58. The van der Waals surface area contributed by atoms with Crippen molar-refractivity contribution < 1.29 is 8.78 Å². The second kappa shape index (κ2) is 7.70. The summed E-state index contributed by atoms with van der Waals surface area (Å²) in [5, 5.41) is 18.7. The Balaban J connectivity index is 1.55. The van der Waals surface area contributed by atoms with E-state index in [4.69, 9.17) is 0 Å². The fraction of sp³-hybridized carbons (Fsp3) is 0.409. The SMILES string of the molecule is Cc1cn2nc(Nc3n[nH]c4cc(N5C[C@H](C)N[C@@H](C)C5)cc(C(F)F)c34)cc(C)c2n1. The molecule has 1 aliphatic heterocycles. The Labute approximate surface area is 184 Å². The molecule has 0 radical (unpaired) electrons. The van der Waals surface area contributed by atoms with Crippen LogP contribution in [0.4, 0.5) is 26.1 Å². The zero-order chi connectivity index (χ0) is 22.6. The lowest BCUT2D eigenvalue weighted by Gasteiger charge is -2.37. The third-order valence-electron chi connectivity index (χ3n) is 5.81. The molecule has 4 aromatic rings. The van der Waals surface area contributed by atoms with Crippen molar-refractivity contribution in [2.45, 2.75) is 46.2 Å². The number of aryl methyl sites for hydroxylation is 2. The number of halogens is 2. The van der Waals surface area contributed by atoms with Gasteiger partial charge in [-0.3, -0.25) is 5.10 Å². The fourth-order valence-corrected chi connectivity index (χ4v) is 4.58. The van der Waals surface area contributed by atoms with Crippen molar-refractivity contribution in [3.8, 4) is 0 Å². The molecular formula is C22H26F2N8. The Bertz CT molecular complexity index is 1280. The summed E-state index contributed by atoms with van der Waals surface area (Å²) in [4.78, 5) is 6.59. The molecule has 0 bridgehead atoms. The lowest BCUT2D eigenvalue weighted by Crippen LogP contribution is -2.54. The number of nitrogens with zero attached hydrogens (tertiary/aromatic N) is 5. The van der Waals surface area contributed by atoms with Gasteiger partial charge in [0.2, 0.25) is 0 Å². The van der Waals surface area contributed by atoms with Crippen LogP contribution in [0.3, 0.4) is 0 Å². The van der Waals surface area contributed by atoms with E-state index in [0.29, 0.717) is 22.5 Å². The summed E-state index contributed by atoms with van der Waals surface area (Å²) in [6, 6.07) is 5.87. The van der Waals surface area contributed by atoms with Gasteiger partial charge in [0.1, 0.15) is 0 Å². The molecule has 3 aromatic heterocycles. The molecule has 0 amide bonds. The number of imidazole rings is 1. The number of aromatic nitrogens is 5. The van der Waals surface area contributed by atoms with Crippen molar-refractivity contribution in [2.75, 3.05) is 23.3 Å². The van der Waals surface area contributed by atoms with Crippen molar-refractivity contribution in [3.05, 3.63) is 41.2 Å². The van der Waals surface area contributed by atoms with Crippen molar-refractivity contribution in [3.63, 3.8) is 0 Å². The number of benzene rings is 1. The zero-order valence-electron chi connectivity index (χ0n) is 18.4. The maximum Gasteiger partial charge on any atom is 0.264 e. The number of alkyl halides is 2. The van der Waals surface area contributed by atoms with Gasteiger partial charge in [-0.25, -0.2) is 18.3 Å². The van der Waals surface area contributed by atoms with Crippen molar-refractivity contribution >= 4 is 33.9 Å². The van der Waals surface area contributed by atoms with Crippen molar-refractivity contribution in [1.29, 1.82) is 0 Å². The monoisotopic (exact) mass is 440 g/mol. The predicted octanol–water partition coefficient (Wildman–Crippen LogP) is 4.09. The number of aromatic amines is 1. The van der Waals surface area contributed by atoms with Gasteiger partial charge in [0.05, 0.1) is 22.8 Å². The first-order valence-electron chi connectivity index (χ1n) is 10.7. The number of fused-ring (bicyclic) bond motifs is 2. The van der Waals surface area contributed by atoms with Crippen LogP contribution in [0.5, 0.6) is 0 Å². The van der Waals surface area contributed by atoms with Crippen molar-refractivity contribution in [1.82, 2.24) is 30.1 Å². The van der Waals surface area contributed by atoms with Crippen LogP contribution in [0.25, 0.3) is 16.6 Å². The highest BCUT2D eigenvalue weighted by Gasteiger charge is 2.25. The van der Waals surface area contributed by atoms with E-state index in [0.717, 1.165) is 35.7 Å². The van der Waals surface area contributed by atoms with Gasteiger partial charge in [-0.1, -0.05) is 0 Å². The second-order valence-corrected chi connectivity index (χ2v) is 8.69. The molecule has 1 aliphatic rings. The van der Waals surface area contributed by atoms with Gasteiger partial charge in [0.15, 0.2) is 17.3 Å². The molecule has 1 aromatic carbocycles. The molecule has 32 heavy (non-hydrogen) atoms. The minimum atomic E-state index is -2.64. The summed E-state index contributed by atoms with van der Waals surface area (Å²) in [5.74, 6) is 0.835. The first-order chi connectivity index (χ1) is 15.3. The second-order valence-electron chi connectivity index (χ2n) is 8.69. The van der Waals surface area contributed by atoms with Gasteiger partial charge < -0.3 is 15.5 Å². The molecule has 4 heterocycles. The summed E-state index contributed by atoms with van der Waals surface area (Å²) in [6.45, 7) is 9.54. The van der Waals surface area contributed by atoms with E-state index in [-0.39, 0.29) is 17.6 Å². The number of piperazine rings is 1. The topological polar surface area (TPSA) is 86.2 Å². The number of nitrogens with one attached hydrogen (secondary N) is 3. The Morgan fingerprint density at radius 2 is 1.88 bits per heavy atom. The average Bonchev–Trinajstić information content (AvgIpc) is 3.29. The summed E-state index contributed by atoms with van der Waals surface area (Å²) in [6.07, 6.45) is -0.815. The van der Waals surface area contributed by atoms with Crippen LogP contribution in [0.15, 0.2) is 24.4 Å². The summed E-state index contributed by atoms with van der Waals surface area (Å²) >= 11 is 0. The Morgan fingerprint density at radius 1 is 1.12 bits per heavy atom. The predicted molar refractivity (Wildman–Crippen MR) is 121 cm³/mol. The molecule has 0 unspecified atom stereocenters. The van der Waals surface area contributed by atoms with E-state index in [1.807, 2.05) is 32.2 Å². The number of H-pyrrole nitrogens is 1. The van der Waals surface area contributed by atoms with Gasteiger partial charge in [-0.2, -0.15) is 5.10 Å². The molecular weight excluding hydrogens is 414 g/mol. The molecule has 1 fully saturated rings. The van der Waals surface area contributed by atoms with Gasteiger partial charge in [-0.05, 0) is 51.5 Å². The molecule has 168 valence electrons. The molecule has 0 aliphatic carbocycles. The molecule has 8 nitrogen and oxygen atoms in total. The molecule has 0 spiro atoms. The number of anilines is 3. The van der Waals surface area contributed by atoms with Crippen molar-refractivity contribution in [2.24, 2.45) is 0 Å². The van der Waals surface area contributed by atoms with Crippen LogP contribution < -0.4 is 15.5 Å². The first-order valence-corrected chi connectivity index (χ1v) is 10.7. The van der Waals surface area contributed by atoms with Crippen LogP contribution >= 0.6 is 0 Å². The van der Waals surface area contributed by atoms with E-state index in [1.54, 1.807) is 10.6 Å². The molecule has 0 saturated carbocycles. The summed E-state index contributed by atoms with van der Waals surface area (Å²) < 4.78 is 30.0. The lowest BCUT2D eigenvalue weighted by molar-refractivity contribution is 0.153. The van der Waals surface area contributed by atoms with Crippen LogP contribution in [0.1, 0.15) is 37.1 Å². The molecule has 1 saturated heterocycles. The minimum absolute atomic E-state index is 0.0520. The Hall–Kier alpha value is -3.27. The Kier molecular flexibility index (Phi) is 4.96. The Morgan fingerprint density at radius 3 is 2.59 bits per heavy atom. The largest absolute Gasteiger partial charge is 0.368 e. The smallest absolute Gasteiger partial charge is 0.264 e. The van der Waals surface area contributed by atoms with E-state index in [9.17, 15) is 8.78 Å². The molecule has 3 N–H and O–H groups in total. The van der Waals surface area contributed by atoms with E-state index < -0.39 is 6.43 Å². The van der Waals surface area contributed by atoms with Crippen LogP contribution in [0, 0.1) is 13.8 Å². The number of hydrogen-bond donors (Lipinski definition) is 3.